The van der Waals surface area contributed by atoms with E-state index in [-0.39, 0.29) is 0 Å². The number of hydrogen-bond acceptors (Lipinski definition) is 3. The normalized spacial score (nSPS) is 10.5. The molecule has 0 aliphatic rings. The SMILES string of the molecule is Cc1ccc(Sc2cc(N)c(C)cn2)c(C)c1. The molecule has 2 aromatic rings. The number of rotatable bonds is 2. The lowest BCUT2D eigenvalue weighted by Gasteiger charge is -2.07. The van der Waals surface area contributed by atoms with Gasteiger partial charge in [0.15, 0.2) is 0 Å². The summed E-state index contributed by atoms with van der Waals surface area (Å²) < 4.78 is 0. The van der Waals surface area contributed by atoms with Crippen LogP contribution in [0.15, 0.2) is 40.4 Å². The van der Waals surface area contributed by atoms with E-state index in [1.165, 1.54) is 16.0 Å². The molecule has 2 N–H and O–H groups in total. The summed E-state index contributed by atoms with van der Waals surface area (Å²) in [6, 6.07) is 8.36. The van der Waals surface area contributed by atoms with Crippen molar-refractivity contribution in [3.8, 4) is 0 Å². The third-order valence-electron chi connectivity index (χ3n) is 2.66. The summed E-state index contributed by atoms with van der Waals surface area (Å²) in [5.74, 6) is 0. The molecule has 0 saturated heterocycles. The van der Waals surface area contributed by atoms with E-state index in [0.29, 0.717) is 0 Å². The minimum absolute atomic E-state index is 0.798. The van der Waals surface area contributed by atoms with E-state index < -0.39 is 0 Å². The molecule has 1 aromatic heterocycles. The third kappa shape index (κ3) is 2.80. The molecule has 0 aliphatic heterocycles. The molecule has 17 heavy (non-hydrogen) atoms. The standard InChI is InChI=1S/C14H16N2S/c1-9-4-5-13(10(2)6-9)17-14-7-12(15)11(3)8-16-14/h4-8H,1-3H3,(H2,15,16). The van der Waals surface area contributed by atoms with Gasteiger partial charge in [-0.05, 0) is 44.0 Å². The average Bonchev–Trinajstić information content (AvgIpc) is 2.27. The highest BCUT2D eigenvalue weighted by molar-refractivity contribution is 7.99. The fraction of sp³-hybridized carbons (Fsp3) is 0.214. The summed E-state index contributed by atoms with van der Waals surface area (Å²) in [5.41, 5.74) is 10.3. The molecule has 0 aliphatic carbocycles. The van der Waals surface area contributed by atoms with Crippen molar-refractivity contribution < 1.29 is 0 Å². The summed E-state index contributed by atoms with van der Waals surface area (Å²) in [6.45, 7) is 6.18. The number of pyridine rings is 1. The van der Waals surface area contributed by atoms with Crippen LogP contribution in [0, 0.1) is 20.8 Å². The second kappa shape index (κ2) is 4.80. The molecule has 0 bridgehead atoms. The summed E-state index contributed by atoms with van der Waals surface area (Å²) in [5, 5.41) is 0.944. The van der Waals surface area contributed by atoms with Gasteiger partial charge in [0.05, 0.1) is 0 Å². The van der Waals surface area contributed by atoms with Gasteiger partial charge in [-0.1, -0.05) is 29.5 Å². The molecule has 3 heteroatoms. The predicted molar refractivity (Wildman–Crippen MR) is 73.4 cm³/mol. The largest absolute Gasteiger partial charge is 0.398 e. The molecule has 0 saturated carbocycles. The molecule has 1 heterocycles. The lowest BCUT2D eigenvalue weighted by atomic mass is 10.2. The van der Waals surface area contributed by atoms with Crippen LogP contribution < -0.4 is 5.73 Å². The molecular formula is C14H16N2S. The molecule has 0 amide bonds. The summed E-state index contributed by atoms with van der Waals surface area (Å²) in [7, 11) is 0. The lowest BCUT2D eigenvalue weighted by molar-refractivity contribution is 1.11. The van der Waals surface area contributed by atoms with Crippen LogP contribution >= 0.6 is 11.8 Å². The number of anilines is 1. The van der Waals surface area contributed by atoms with E-state index in [9.17, 15) is 0 Å². The van der Waals surface area contributed by atoms with Crippen LogP contribution in [0.2, 0.25) is 0 Å². The van der Waals surface area contributed by atoms with Crippen molar-refractivity contribution >= 4 is 17.4 Å². The first-order valence-corrected chi connectivity index (χ1v) is 6.35. The summed E-state index contributed by atoms with van der Waals surface area (Å²) >= 11 is 1.65. The van der Waals surface area contributed by atoms with Crippen LogP contribution in [-0.4, -0.2) is 4.98 Å². The number of hydrogen-bond donors (Lipinski definition) is 1. The second-order valence-corrected chi connectivity index (χ2v) is 5.31. The number of aryl methyl sites for hydroxylation is 3. The van der Waals surface area contributed by atoms with Crippen LogP contribution in [0.5, 0.6) is 0 Å². The van der Waals surface area contributed by atoms with Crippen molar-refractivity contribution in [1.29, 1.82) is 0 Å². The van der Waals surface area contributed by atoms with Gasteiger partial charge in [-0.25, -0.2) is 4.98 Å². The Bertz CT molecular complexity index is 550. The van der Waals surface area contributed by atoms with Gasteiger partial charge in [0.1, 0.15) is 5.03 Å². The highest BCUT2D eigenvalue weighted by Gasteiger charge is 2.04. The molecule has 0 fully saturated rings. The Hall–Kier alpha value is -1.48. The Balaban J connectivity index is 2.28. The molecule has 88 valence electrons. The van der Waals surface area contributed by atoms with Crippen LogP contribution in [0.25, 0.3) is 0 Å². The Morgan fingerprint density at radius 3 is 2.47 bits per heavy atom. The zero-order valence-corrected chi connectivity index (χ0v) is 11.1. The minimum atomic E-state index is 0.798. The average molecular weight is 244 g/mol. The lowest BCUT2D eigenvalue weighted by Crippen LogP contribution is -1.92. The van der Waals surface area contributed by atoms with Crippen molar-refractivity contribution in [3.63, 3.8) is 0 Å². The van der Waals surface area contributed by atoms with Crippen molar-refractivity contribution in [2.45, 2.75) is 30.7 Å². The maximum Gasteiger partial charge on any atom is 0.103 e. The maximum absolute atomic E-state index is 5.88. The predicted octanol–water partition coefficient (Wildman–Crippen LogP) is 3.74. The number of nitrogen functional groups attached to an aromatic ring is 1. The van der Waals surface area contributed by atoms with Crippen molar-refractivity contribution in [1.82, 2.24) is 4.98 Å². The van der Waals surface area contributed by atoms with Gasteiger partial charge in [-0.15, -0.1) is 0 Å². The third-order valence-corrected chi connectivity index (χ3v) is 3.78. The van der Waals surface area contributed by atoms with Gasteiger partial charge in [0.2, 0.25) is 0 Å². The fourth-order valence-electron chi connectivity index (χ4n) is 1.60. The molecule has 0 unspecified atom stereocenters. The molecule has 0 atom stereocenters. The first-order valence-electron chi connectivity index (χ1n) is 5.53. The smallest absolute Gasteiger partial charge is 0.103 e. The zero-order valence-electron chi connectivity index (χ0n) is 10.3. The molecule has 1 aromatic carbocycles. The number of aromatic nitrogens is 1. The Morgan fingerprint density at radius 2 is 1.82 bits per heavy atom. The van der Waals surface area contributed by atoms with E-state index in [1.807, 2.05) is 19.2 Å². The number of nitrogens with two attached hydrogens (primary N) is 1. The highest BCUT2D eigenvalue weighted by Crippen LogP contribution is 2.30. The van der Waals surface area contributed by atoms with Crippen LogP contribution in [0.1, 0.15) is 16.7 Å². The molecule has 2 rings (SSSR count). The number of nitrogens with zero attached hydrogens (tertiary/aromatic N) is 1. The summed E-state index contributed by atoms with van der Waals surface area (Å²) in [6.07, 6.45) is 1.82. The van der Waals surface area contributed by atoms with Gasteiger partial charge in [-0.3, -0.25) is 0 Å². The molecule has 0 spiro atoms. The monoisotopic (exact) mass is 244 g/mol. The zero-order chi connectivity index (χ0) is 12.4. The Morgan fingerprint density at radius 1 is 1.06 bits per heavy atom. The molecule has 2 nitrogen and oxygen atoms in total. The van der Waals surface area contributed by atoms with E-state index in [0.717, 1.165) is 16.3 Å². The maximum atomic E-state index is 5.88. The first kappa shape index (κ1) is 12.0. The Kier molecular flexibility index (Phi) is 3.38. The van der Waals surface area contributed by atoms with Gasteiger partial charge >= 0.3 is 0 Å². The highest BCUT2D eigenvalue weighted by atomic mass is 32.2. The first-order chi connectivity index (χ1) is 8.06. The van der Waals surface area contributed by atoms with Crippen molar-refractivity contribution in [2.24, 2.45) is 0 Å². The molecular weight excluding hydrogens is 228 g/mol. The van der Waals surface area contributed by atoms with Crippen LogP contribution in [-0.2, 0) is 0 Å². The van der Waals surface area contributed by atoms with E-state index in [1.54, 1.807) is 11.8 Å². The minimum Gasteiger partial charge on any atom is -0.398 e. The van der Waals surface area contributed by atoms with Crippen molar-refractivity contribution in [3.05, 3.63) is 47.2 Å². The molecule has 0 radical (unpaired) electrons. The van der Waals surface area contributed by atoms with Gasteiger partial charge in [0.25, 0.3) is 0 Å². The number of benzene rings is 1. The van der Waals surface area contributed by atoms with Gasteiger partial charge in [0, 0.05) is 16.8 Å². The van der Waals surface area contributed by atoms with E-state index >= 15 is 0 Å². The Labute approximate surface area is 106 Å². The van der Waals surface area contributed by atoms with E-state index in [4.69, 9.17) is 5.73 Å². The van der Waals surface area contributed by atoms with Crippen LogP contribution in [0.4, 0.5) is 5.69 Å². The summed E-state index contributed by atoms with van der Waals surface area (Å²) in [4.78, 5) is 5.61. The van der Waals surface area contributed by atoms with Gasteiger partial charge < -0.3 is 5.73 Å². The van der Waals surface area contributed by atoms with Gasteiger partial charge in [-0.2, -0.15) is 0 Å². The van der Waals surface area contributed by atoms with E-state index in [2.05, 4.69) is 37.0 Å². The van der Waals surface area contributed by atoms with Crippen molar-refractivity contribution in [2.75, 3.05) is 5.73 Å². The topological polar surface area (TPSA) is 38.9 Å². The quantitative estimate of drug-likeness (QED) is 0.874. The van der Waals surface area contributed by atoms with Crippen LogP contribution in [0.3, 0.4) is 0 Å². The fourth-order valence-corrected chi connectivity index (χ4v) is 2.47. The second-order valence-electron chi connectivity index (χ2n) is 4.25.